The molecule has 0 heterocycles. The zero-order valence-corrected chi connectivity index (χ0v) is 9.44. The monoisotopic (exact) mass is 267 g/mol. The van der Waals surface area contributed by atoms with Crippen LogP contribution in [-0.2, 0) is 0 Å². The molecule has 0 saturated carbocycles. The fraction of sp³-hybridized carbons (Fsp3) is 0.125. The van der Waals surface area contributed by atoms with E-state index in [4.69, 9.17) is 34.8 Å². The summed E-state index contributed by atoms with van der Waals surface area (Å²) in [5.74, 6) is -0.751. The van der Waals surface area contributed by atoms with E-state index in [0.717, 1.165) is 12.1 Å². The lowest BCUT2D eigenvalue weighted by atomic mass is 10.1. The fourth-order valence-electron chi connectivity index (χ4n) is 0.998. The SMILES string of the molecule is O=C(CCl)c1c(Cl)cc([N+](=O)[O-])cc1Cl. The van der Waals surface area contributed by atoms with Crippen molar-refractivity contribution in [2.75, 3.05) is 5.88 Å². The van der Waals surface area contributed by atoms with Crippen LogP contribution in [0.4, 0.5) is 5.69 Å². The van der Waals surface area contributed by atoms with E-state index in [9.17, 15) is 14.9 Å². The number of halogens is 3. The highest BCUT2D eigenvalue weighted by Crippen LogP contribution is 2.30. The number of carbonyl (C=O) groups excluding carboxylic acids is 1. The Bertz CT molecular complexity index is 410. The molecule has 1 aromatic carbocycles. The van der Waals surface area contributed by atoms with Gasteiger partial charge >= 0.3 is 0 Å². The Labute approximate surface area is 99.9 Å². The van der Waals surface area contributed by atoms with Gasteiger partial charge in [0.05, 0.1) is 26.4 Å². The average Bonchev–Trinajstić information content (AvgIpc) is 2.16. The summed E-state index contributed by atoms with van der Waals surface area (Å²) in [6.07, 6.45) is 0. The van der Waals surface area contributed by atoms with E-state index in [-0.39, 0.29) is 27.2 Å². The largest absolute Gasteiger partial charge is 0.293 e. The number of ketones is 1. The fourth-order valence-corrected chi connectivity index (χ4v) is 1.82. The summed E-state index contributed by atoms with van der Waals surface area (Å²) in [5, 5.41) is 10.3. The average molecular weight is 268 g/mol. The molecule has 0 fully saturated rings. The maximum Gasteiger partial charge on any atom is 0.272 e. The first-order chi connectivity index (χ1) is 6.97. The van der Waals surface area contributed by atoms with Crippen LogP contribution in [-0.4, -0.2) is 16.6 Å². The normalized spacial score (nSPS) is 10.1. The third-order valence-electron chi connectivity index (χ3n) is 1.64. The van der Waals surface area contributed by atoms with Crippen LogP contribution in [0.5, 0.6) is 0 Å². The molecule has 0 aliphatic carbocycles. The van der Waals surface area contributed by atoms with Gasteiger partial charge in [0.25, 0.3) is 5.69 Å². The third kappa shape index (κ3) is 2.59. The van der Waals surface area contributed by atoms with Crippen molar-refractivity contribution in [1.29, 1.82) is 0 Å². The Morgan fingerprint density at radius 3 is 2.13 bits per heavy atom. The molecule has 0 aliphatic heterocycles. The van der Waals surface area contributed by atoms with E-state index in [1.807, 2.05) is 0 Å². The zero-order chi connectivity index (χ0) is 11.6. The molecule has 1 rings (SSSR count). The van der Waals surface area contributed by atoms with Crippen molar-refractivity contribution < 1.29 is 9.72 Å². The van der Waals surface area contributed by atoms with Gasteiger partial charge in [-0.25, -0.2) is 0 Å². The molecule has 0 radical (unpaired) electrons. The minimum atomic E-state index is -0.646. The van der Waals surface area contributed by atoms with Crippen molar-refractivity contribution in [2.24, 2.45) is 0 Å². The second kappa shape index (κ2) is 4.79. The van der Waals surface area contributed by atoms with E-state index >= 15 is 0 Å². The standard InChI is InChI=1S/C8H4Cl3NO3/c9-3-7(13)8-5(10)1-4(12(14)15)2-6(8)11/h1-2H,3H2. The van der Waals surface area contributed by atoms with Crippen LogP contribution in [0.3, 0.4) is 0 Å². The highest BCUT2D eigenvalue weighted by Gasteiger charge is 2.18. The van der Waals surface area contributed by atoms with Crippen molar-refractivity contribution in [3.63, 3.8) is 0 Å². The van der Waals surface area contributed by atoms with Crippen molar-refractivity contribution in [1.82, 2.24) is 0 Å². The number of hydrogen-bond donors (Lipinski definition) is 0. The first kappa shape index (κ1) is 12.2. The Morgan fingerprint density at radius 2 is 1.80 bits per heavy atom. The molecule has 0 amide bonds. The smallest absolute Gasteiger partial charge is 0.272 e. The predicted octanol–water partition coefficient (Wildman–Crippen LogP) is 3.32. The Kier molecular flexibility index (Phi) is 3.90. The maximum atomic E-state index is 11.3. The third-order valence-corrected chi connectivity index (χ3v) is 2.48. The van der Waals surface area contributed by atoms with Crippen LogP contribution in [0.15, 0.2) is 12.1 Å². The number of benzene rings is 1. The summed E-state index contributed by atoms with van der Waals surface area (Å²) in [5.41, 5.74) is -0.255. The topological polar surface area (TPSA) is 60.2 Å². The Balaban J connectivity index is 3.33. The van der Waals surface area contributed by atoms with Gasteiger partial charge in [-0.1, -0.05) is 23.2 Å². The van der Waals surface area contributed by atoms with E-state index in [0.29, 0.717) is 0 Å². The number of hydrogen-bond acceptors (Lipinski definition) is 3. The zero-order valence-electron chi connectivity index (χ0n) is 7.17. The van der Waals surface area contributed by atoms with Crippen molar-refractivity contribution in [2.45, 2.75) is 0 Å². The van der Waals surface area contributed by atoms with Gasteiger partial charge in [-0.3, -0.25) is 14.9 Å². The molecular formula is C8H4Cl3NO3. The molecule has 0 bridgehead atoms. The second-order valence-corrected chi connectivity index (χ2v) is 3.68. The van der Waals surface area contributed by atoms with E-state index < -0.39 is 10.7 Å². The lowest BCUT2D eigenvalue weighted by Gasteiger charge is -2.03. The molecule has 0 aliphatic rings. The number of nitro groups is 1. The Hall–Kier alpha value is -0.840. The molecule has 0 atom stereocenters. The van der Waals surface area contributed by atoms with E-state index in [2.05, 4.69) is 0 Å². The van der Waals surface area contributed by atoms with Crippen molar-refractivity contribution in [3.05, 3.63) is 37.9 Å². The van der Waals surface area contributed by atoms with Gasteiger partial charge in [-0.2, -0.15) is 0 Å². The molecule has 0 saturated heterocycles. The molecule has 0 spiro atoms. The predicted molar refractivity (Wildman–Crippen MR) is 58.2 cm³/mol. The highest BCUT2D eigenvalue weighted by atomic mass is 35.5. The maximum absolute atomic E-state index is 11.3. The van der Waals surface area contributed by atoms with E-state index in [1.165, 1.54) is 0 Å². The van der Waals surface area contributed by atoms with Gasteiger partial charge in [0.1, 0.15) is 0 Å². The minimum Gasteiger partial charge on any atom is -0.293 e. The lowest BCUT2D eigenvalue weighted by molar-refractivity contribution is -0.384. The van der Waals surface area contributed by atoms with Gasteiger partial charge in [0.2, 0.25) is 0 Å². The lowest BCUT2D eigenvalue weighted by Crippen LogP contribution is -2.03. The van der Waals surface area contributed by atoms with Gasteiger partial charge < -0.3 is 0 Å². The molecule has 0 N–H and O–H groups in total. The number of nitro benzene ring substituents is 1. The number of alkyl halides is 1. The van der Waals surface area contributed by atoms with Crippen LogP contribution in [0.2, 0.25) is 10.0 Å². The summed E-state index contributed by atoms with van der Waals surface area (Å²) < 4.78 is 0. The first-order valence-corrected chi connectivity index (χ1v) is 4.99. The molecule has 0 aromatic heterocycles. The van der Waals surface area contributed by atoms with Crippen LogP contribution in [0.25, 0.3) is 0 Å². The number of carbonyl (C=O) groups is 1. The van der Waals surface area contributed by atoms with Crippen molar-refractivity contribution >= 4 is 46.3 Å². The van der Waals surface area contributed by atoms with Gasteiger partial charge in [-0.15, -0.1) is 11.6 Å². The van der Waals surface area contributed by atoms with Crippen molar-refractivity contribution in [3.8, 4) is 0 Å². The number of non-ortho nitro benzene ring substituents is 1. The number of Topliss-reactive ketones (excluding diaryl/α,β-unsaturated/α-hetero) is 1. The highest BCUT2D eigenvalue weighted by molar-refractivity contribution is 6.42. The Morgan fingerprint density at radius 1 is 1.33 bits per heavy atom. The molecule has 4 nitrogen and oxygen atoms in total. The van der Waals surface area contributed by atoms with Crippen LogP contribution >= 0.6 is 34.8 Å². The van der Waals surface area contributed by atoms with Gasteiger partial charge in [0, 0.05) is 12.1 Å². The molecule has 7 heteroatoms. The number of nitrogens with zero attached hydrogens (tertiary/aromatic N) is 1. The summed E-state index contributed by atoms with van der Waals surface area (Å²) in [4.78, 5) is 21.1. The molecule has 80 valence electrons. The van der Waals surface area contributed by atoms with E-state index in [1.54, 1.807) is 0 Å². The molecule has 15 heavy (non-hydrogen) atoms. The minimum absolute atomic E-state index is 0.0129. The first-order valence-electron chi connectivity index (χ1n) is 3.70. The summed E-state index contributed by atoms with van der Waals surface area (Å²) in [6, 6.07) is 2.13. The molecular weight excluding hydrogens is 264 g/mol. The van der Waals surface area contributed by atoms with Gasteiger partial charge in [-0.05, 0) is 0 Å². The van der Waals surface area contributed by atoms with Gasteiger partial charge in [0.15, 0.2) is 5.78 Å². The molecule has 0 unspecified atom stereocenters. The summed E-state index contributed by atoms with van der Waals surface area (Å²) in [6.45, 7) is 0. The number of rotatable bonds is 3. The van der Waals surface area contributed by atoms with Crippen LogP contribution < -0.4 is 0 Å². The second-order valence-electron chi connectivity index (χ2n) is 2.60. The van der Waals surface area contributed by atoms with Crippen LogP contribution in [0.1, 0.15) is 10.4 Å². The van der Waals surface area contributed by atoms with Crippen LogP contribution in [0, 0.1) is 10.1 Å². The quantitative estimate of drug-likeness (QED) is 0.366. The summed E-state index contributed by atoms with van der Waals surface area (Å²) >= 11 is 16.7. The molecule has 1 aromatic rings. The summed E-state index contributed by atoms with van der Waals surface area (Å²) in [7, 11) is 0.